The number of aromatic nitrogens is 3. The van der Waals surface area contributed by atoms with Crippen LogP contribution in [0.5, 0.6) is 0 Å². The smallest absolute Gasteiger partial charge is 0.276 e. The summed E-state index contributed by atoms with van der Waals surface area (Å²) in [7, 11) is 0. The lowest BCUT2D eigenvalue weighted by Gasteiger charge is -2.04. The van der Waals surface area contributed by atoms with Gasteiger partial charge in [0.1, 0.15) is 5.01 Å². The average Bonchev–Trinajstić information content (AvgIpc) is 3.35. The molecule has 3 aromatic rings. The molecule has 1 amide bonds. The highest BCUT2D eigenvalue weighted by molar-refractivity contribution is 7.13. The van der Waals surface area contributed by atoms with Gasteiger partial charge in [-0.1, -0.05) is 0 Å². The first-order valence-corrected chi connectivity index (χ1v) is 8.75. The Hall–Kier alpha value is -2.51. The zero-order chi connectivity index (χ0) is 16.4. The first kappa shape index (κ1) is 15.0. The zero-order valence-corrected chi connectivity index (χ0v) is 13.8. The van der Waals surface area contributed by atoms with Crippen molar-refractivity contribution in [1.82, 2.24) is 20.5 Å². The van der Waals surface area contributed by atoms with E-state index in [1.54, 1.807) is 17.5 Å². The van der Waals surface area contributed by atoms with E-state index in [0.717, 1.165) is 41.5 Å². The van der Waals surface area contributed by atoms with Crippen molar-refractivity contribution in [1.29, 1.82) is 0 Å². The lowest BCUT2D eigenvalue weighted by molar-refractivity contribution is 0.102. The van der Waals surface area contributed by atoms with E-state index >= 15 is 0 Å². The fourth-order valence-electron chi connectivity index (χ4n) is 2.84. The summed E-state index contributed by atoms with van der Waals surface area (Å²) in [5, 5.41) is 16.2. The Labute approximate surface area is 143 Å². The summed E-state index contributed by atoms with van der Waals surface area (Å²) in [5.74, 6) is 0.210. The van der Waals surface area contributed by atoms with Crippen LogP contribution in [0.4, 0.5) is 5.69 Å². The molecule has 4 rings (SSSR count). The number of hydrogen-bond acceptors (Lipinski definition) is 5. The zero-order valence-electron chi connectivity index (χ0n) is 13.0. The largest absolute Gasteiger partial charge is 0.321 e. The fourth-order valence-corrected chi connectivity index (χ4v) is 3.48. The van der Waals surface area contributed by atoms with Gasteiger partial charge in [0.05, 0.1) is 0 Å². The minimum absolute atomic E-state index is 0.203. The Balaban J connectivity index is 1.44. The number of carbonyl (C=O) groups is 1. The molecule has 24 heavy (non-hydrogen) atoms. The molecule has 6 nitrogen and oxygen atoms in total. The molecular weight excluding hydrogens is 322 g/mol. The van der Waals surface area contributed by atoms with E-state index in [9.17, 15) is 4.79 Å². The third-order valence-corrected chi connectivity index (χ3v) is 4.97. The number of H-pyrrole nitrogens is 1. The third-order valence-electron chi connectivity index (χ3n) is 4.15. The van der Waals surface area contributed by atoms with Gasteiger partial charge in [0.25, 0.3) is 5.91 Å². The molecule has 1 atom stereocenters. The van der Waals surface area contributed by atoms with Crippen LogP contribution in [0.3, 0.4) is 0 Å². The van der Waals surface area contributed by atoms with Crippen LogP contribution in [0.1, 0.15) is 28.5 Å². The monoisotopic (exact) mass is 339 g/mol. The van der Waals surface area contributed by atoms with Gasteiger partial charge in [0, 0.05) is 41.0 Å². The van der Waals surface area contributed by atoms with Crippen molar-refractivity contribution in [2.75, 3.05) is 18.4 Å². The van der Waals surface area contributed by atoms with Crippen LogP contribution in [0.2, 0.25) is 0 Å². The van der Waals surface area contributed by atoms with Crippen molar-refractivity contribution in [3.8, 4) is 10.6 Å². The number of nitrogens with one attached hydrogen (secondary N) is 3. The topological polar surface area (TPSA) is 82.7 Å². The molecule has 0 saturated carbocycles. The van der Waals surface area contributed by atoms with Gasteiger partial charge in [-0.15, -0.1) is 11.3 Å². The van der Waals surface area contributed by atoms with Crippen molar-refractivity contribution < 1.29 is 4.79 Å². The van der Waals surface area contributed by atoms with E-state index < -0.39 is 0 Å². The molecule has 2 aromatic heterocycles. The van der Waals surface area contributed by atoms with E-state index in [1.807, 2.05) is 35.7 Å². The molecule has 1 aliphatic heterocycles. The standard InChI is InChI=1S/C17H17N5OS/c23-16(15-9-14(21-22-15)12-5-6-18-10-12)20-13-3-1-11(2-4-13)17-19-7-8-24-17/h1-4,7-9,12,18H,5-6,10H2,(H,20,23)(H,21,22). The second-order valence-electron chi connectivity index (χ2n) is 5.77. The molecule has 3 N–H and O–H groups in total. The lowest BCUT2D eigenvalue weighted by Crippen LogP contribution is -2.12. The molecule has 1 saturated heterocycles. The fraction of sp³-hybridized carbons (Fsp3) is 0.235. The maximum atomic E-state index is 12.3. The number of thiazole rings is 1. The highest BCUT2D eigenvalue weighted by atomic mass is 32.1. The van der Waals surface area contributed by atoms with Gasteiger partial charge in [-0.2, -0.15) is 5.10 Å². The van der Waals surface area contributed by atoms with Crippen LogP contribution in [-0.2, 0) is 0 Å². The van der Waals surface area contributed by atoms with Crippen LogP contribution in [0.15, 0.2) is 41.9 Å². The summed E-state index contributed by atoms with van der Waals surface area (Å²) in [4.78, 5) is 16.6. The number of aromatic amines is 1. The number of anilines is 1. The van der Waals surface area contributed by atoms with Crippen molar-refractivity contribution in [3.63, 3.8) is 0 Å². The first-order valence-electron chi connectivity index (χ1n) is 7.87. The molecule has 1 aromatic carbocycles. The van der Waals surface area contributed by atoms with Crippen LogP contribution in [0.25, 0.3) is 10.6 Å². The molecule has 0 bridgehead atoms. The number of hydrogen-bond donors (Lipinski definition) is 3. The van der Waals surface area contributed by atoms with Crippen molar-refractivity contribution in [3.05, 3.63) is 53.3 Å². The van der Waals surface area contributed by atoms with Gasteiger partial charge in [-0.05, 0) is 43.3 Å². The Kier molecular flexibility index (Phi) is 4.10. The normalized spacial score (nSPS) is 17.1. The van der Waals surface area contributed by atoms with Crippen LogP contribution in [0, 0.1) is 0 Å². The average molecular weight is 339 g/mol. The second-order valence-corrected chi connectivity index (χ2v) is 6.66. The summed E-state index contributed by atoms with van der Waals surface area (Å²) < 4.78 is 0. The summed E-state index contributed by atoms with van der Waals surface area (Å²) in [6, 6.07) is 9.51. The molecule has 3 heterocycles. The van der Waals surface area contributed by atoms with Gasteiger partial charge in [0.2, 0.25) is 0 Å². The lowest BCUT2D eigenvalue weighted by atomic mass is 10.1. The van der Waals surface area contributed by atoms with Gasteiger partial charge in [-0.25, -0.2) is 4.98 Å². The second kappa shape index (κ2) is 6.54. The Bertz CT molecular complexity index is 819. The SMILES string of the molecule is O=C(Nc1ccc(-c2nccs2)cc1)c1cc(C2CCNC2)[nH]n1. The molecule has 1 aliphatic rings. The van der Waals surface area contributed by atoms with Crippen LogP contribution < -0.4 is 10.6 Å². The summed E-state index contributed by atoms with van der Waals surface area (Å²) in [6.45, 7) is 1.94. The van der Waals surface area contributed by atoms with Crippen LogP contribution >= 0.6 is 11.3 Å². The maximum Gasteiger partial charge on any atom is 0.276 e. The van der Waals surface area contributed by atoms with Gasteiger partial charge < -0.3 is 10.6 Å². The highest BCUT2D eigenvalue weighted by Crippen LogP contribution is 2.24. The van der Waals surface area contributed by atoms with E-state index in [1.165, 1.54) is 0 Å². The number of carbonyl (C=O) groups excluding carboxylic acids is 1. The van der Waals surface area contributed by atoms with E-state index in [-0.39, 0.29) is 5.91 Å². The molecule has 1 unspecified atom stereocenters. The molecule has 1 fully saturated rings. The summed E-state index contributed by atoms with van der Waals surface area (Å²) in [6.07, 6.45) is 2.85. The van der Waals surface area contributed by atoms with Crippen molar-refractivity contribution in [2.24, 2.45) is 0 Å². The molecule has 0 aliphatic carbocycles. The number of amides is 1. The number of rotatable bonds is 4. The van der Waals surface area contributed by atoms with Gasteiger partial charge in [-0.3, -0.25) is 9.89 Å². The van der Waals surface area contributed by atoms with Crippen molar-refractivity contribution in [2.45, 2.75) is 12.3 Å². The minimum Gasteiger partial charge on any atom is -0.321 e. The van der Waals surface area contributed by atoms with Crippen molar-refractivity contribution >= 4 is 22.9 Å². The Morgan fingerprint density at radius 1 is 1.29 bits per heavy atom. The quantitative estimate of drug-likeness (QED) is 0.682. The first-order chi connectivity index (χ1) is 11.8. The minimum atomic E-state index is -0.203. The Morgan fingerprint density at radius 2 is 2.17 bits per heavy atom. The third kappa shape index (κ3) is 3.08. The van der Waals surface area contributed by atoms with Crippen LogP contribution in [-0.4, -0.2) is 34.2 Å². The number of nitrogens with zero attached hydrogens (tertiary/aromatic N) is 2. The maximum absolute atomic E-state index is 12.3. The highest BCUT2D eigenvalue weighted by Gasteiger charge is 2.20. The van der Waals surface area contributed by atoms with E-state index in [4.69, 9.17) is 0 Å². The molecule has 7 heteroatoms. The molecule has 122 valence electrons. The summed E-state index contributed by atoms with van der Waals surface area (Å²) in [5.41, 5.74) is 3.22. The van der Waals surface area contributed by atoms with E-state index in [2.05, 4.69) is 25.8 Å². The van der Waals surface area contributed by atoms with Gasteiger partial charge in [0.15, 0.2) is 5.69 Å². The van der Waals surface area contributed by atoms with E-state index in [0.29, 0.717) is 11.6 Å². The molecular formula is C17H17N5OS. The molecule has 0 spiro atoms. The van der Waals surface area contributed by atoms with Gasteiger partial charge >= 0.3 is 0 Å². The Morgan fingerprint density at radius 3 is 2.88 bits per heavy atom. The summed E-state index contributed by atoms with van der Waals surface area (Å²) >= 11 is 1.59. The number of benzene rings is 1. The molecule has 0 radical (unpaired) electrons. The predicted molar refractivity (Wildman–Crippen MR) is 94.3 cm³/mol. The predicted octanol–water partition coefficient (Wildman–Crippen LogP) is 2.86.